The normalized spacial score (nSPS) is 11.2. The molecule has 1 N–H and O–H groups in total. The van der Waals surface area contributed by atoms with E-state index in [4.69, 9.17) is 4.74 Å². The summed E-state index contributed by atoms with van der Waals surface area (Å²) in [5, 5.41) is 3.34. The van der Waals surface area contributed by atoms with Gasteiger partial charge in [-0.2, -0.15) is 0 Å². The molecule has 1 rings (SSSR count). The van der Waals surface area contributed by atoms with Gasteiger partial charge < -0.3 is 10.1 Å². The Labute approximate surface area is 119 Å². The second kappa shape index (κ2) is 7.93. The Balaban J connectivity index is 2.29. The highest BCUT2D eigenvalue weighted by atomic mass is 79.9. The first-order valence-corrected chi connectivity index (χ1v) is 7.36. The van der Waals surface area contributed by atoms with E-state index in [1.807, 2.05) is 0 Å². The Hall–Kier alpha value is -0.380. The number of hydrogen-bond acceptors (Lipinski definition) is 2. The van der Waals surface area contributed by atoms with Crippen molar-refractivity contribution in [2.45, 2.75) is 40.2 Å². The van der Waals surface area contributed by atoms with Gasteiger partial charge in [0, 0.05) is 17.1 Å². The van der Waals surface area contributed by atoms with Crippen molar-refractivity contribution in [1.82, 2.24) is 5.32 Å². The summed E-state index contributed by atoms with van der Waals surface area (Å²) in [6.45, 7) is 11.1. The van der Waals surface area contributed by atoms with Crippen LogP contribution in [0.1, 0.15) is 30.5 Å². The Bertz CT molecular complexity index is 377. The van der Waals surface area contributed by atoms with Crippen molar-refractivity contribution in [2.75, 3.05) is 19.8 Å². The van der Waals surface area contributed by atoms with Gasteiger partial charge >= 0.3 is 0 Å². The summed E-state index contributed by atoms with van der Waals surface area (Å²) in [5.74, 6) is 0. The van der Waals surface area contributed by atoms with Crippen molar-refractivity contribution in [3.05, 3.63) is 33.3 Å². The van der Waals surface area contributed by atoms with E-state index in [9.17, 15) is 0 Å². The molecule has 1 aromatic rings. The van der Waals surface area contributed by atoms with Crippen LogP contribution in [0.4, 0.5) is 0 Å². The lowest BCUT2D eigenvalue weighted by Crippen LogP contribution is -2.26. The number of rotatable bonds is 7. The third-order valence-corrected chi connectivity index (χ3v) is 3.79. The van der Waals surface area contributed by atoms with Crippen LogP contribution in [0.15, 0.2) is 16.6 Å². The lowest BCUT2D eigenvalue weighted by Gasteiger charge is -2.11. The molecule has 0 heterocycles. The molecule has 18 heavy (non-hydrogen) atoms. The first kappa shape index (κ1) is 15.7. The second-order valence-electron chi connectivity index (χ2n) is 5.00. The van der Waals surface area contributed by atoms with Gasteiger partial charge in [0.15, 0.2) is 0 Å². The molecule has 0 aliphatic rings. The van der Waals surface area contributed by atoms with Crippen LogP contribution in [-0.4, -0.2) is 25.8 Å². The molecule has 0 aliphatic heterocycles. The summed E-state index contributed by atoms with van der Waals surface area (Å²) in [6, 6.07) is 4.96. The molecule has 102 valence electrons. The maximum atomic E-state index is 5.64. The van der Waals surface area contributed by atoms with Crippen molar-refractivity contribution in [3.63, 3.8) is 0 Å². The van der Waals surface area contributed by atoms with Gasteiger partial charge in [0.2, 0.25) is 0 Å². The van der Waals surface area contributed by atoms with Gasteiger partial charge in [-0.15, -0.1) is 0 Å². The van der Waals surface area contributed by atoms with Crippen molar-refractivity contribution in [3.8, 4) is 0 Å². The molecule has 0 fully saturated rings. The summed E-state index contributed by atoms with van der Waals surface area (Å²) in [6.07, 6.45) is 0.988. The first-order valence-electron chi connectivity index (χ1n) is 6.57. The molecule has 0 saturated carbocycles. The van der Waals surface area contributed by atoms with E-state index >= 15 is 0 Å². The van der Waals surface area contributed by atoms with Crippen LogP contribution < -0.4 is 5.32 Å². The number of aryl methyl sites for hydroxylation is 2. The number of nitrogens with one attached hydrogen (secondary N) is 1. The van der Waals surface area contributed by atoms with Crippen LogP contribution in [0.5, 0.6) is 0 Å². The van der Waals surface area contributed by atoms with Crippen molar-refractivity contribution >= 4 is 15.9 Å². The van der Waals surface area contributed by atoms with E-state index in [1.165, 1.54) is 21.2 Å². The first-order chi connectivity index (χ1) is 8.50. The molecule has 0 saturated heterocycles. The summed E-state index contributed by atoms with van der Waals surface area (Å²) >= 11 is 3.56. The summed E-state index contributed by atoms with van der Waals surface area (Å²) in [4.78, 5) is 0. The Morgan fingerprint density at radius 2 is 1.89 bits per heavy atom. The zero-order valence-corrected chi connectivity index (χ0v) is 13.4. The predicted octanol–water partition coefficient (Wildman–Crippen LogP) is 3.62. The van der Waals surface area contributed by atoms with E-state index in [2.05, 4.69) is 61.1 Å². The van der Waals surface area contributed by atoms with Crippen LogP contribution >= 0.6 is 15.9 Å². The number of benzene rings is 1. The molecule has 1 aromatic carbocycles. The van der Waals surface area contributed by atoms with Gasteiger partial charge in [0.05, 0.1) is 13.2 Å². The third-order valence-electron chi connectivity index (χ3n) is 2.93. The minimum atomic E-state index is 0.532. The summed E-state index contributed by atoms with van der Waals surface area (Å²) < 4.78 is 6.82. The lowest BCUT2D eigenvalue weighted by atomic mass is 10.0. The molecule has 2 nitrogen and oxygen atoms in total. The Morgan fingerprint density at radius 3 is 2.56 bits per heavy atom. The van der Waals surface area contributed by atoms with E-state index in [1.54, 1.807) is 0 Å². The predicted molar refractivity (Wildman–Crippen MR) is 81.3 cm³/mol. The average molecular weight is 314 g/mol. The fourth-order valence-electron chi connectivity index (χ4n) is 1.81. The number of ether oxygens (including phenoxy) is 1. The topological polar surface area (TPSA) is 21.3 Å². The second-order valence-corrected chi connectivity index (χ2v) is 5.85. The molecule has 0 atom stereocenters. The molecule has 3 heteroatoms. The van der Waals surface area contributed by atoms with Crippen molar-refractivity contribution < 1.29 is 4.74 Å². The van der Waals surface area contributed by atoms with Gasteiger partial charge in [-0.05, 0) is 43.0 Å². The zero-order chi connectivity index (χ0) is 13.5. The molecule has 0 bridgehead atoms. The Kier molecular flexibility index (Phi) is 6.90. The van der Waals surface area contributed by atoms with E-state index < -0.39 is 0 Å². The average Bonchev–Trinajstić information content (AvgIpc) is 2.29. The molecule has 0 aromatic heterocycles. The molecule has 0 aliphatic carbocycles. The quantitative estimate of drug-likeness (QED) is 0.776. The zero-order valence-electron chi connectivity index (χ0n) is 11.8. The molecule has 0 spiro atoms. The maximum Gasteiger partial charge on any atom is 0.0591 e. The van der Waals surface area contributed by atoms with Gasteiger partial charge in [-0.1, -0.05) is 35.8 Å². The third kappa shape index (κ3) is 5.51. The van der Waals surface area contributed by atoms with Gasteiger partial charge in [-0.3, -0.25) is 0 Å². The lowest BCUT2D eigenvalue weighted by molar-refractivity contribution is 0.137. The van der Waals surface area contributed by atoms with Gasteiger partial charge in [0.1, 0.15) is 0 Å². The number of halogens is 1. The minimum Gasteiger partial charge on any atom is -0.380 e. The highest BCUT2D eigenvalue weighted by Gasteiger charge is 2.02. The monoisotopic (exact) mass is 313 g/mol. The van der Waals surface area contributed by atoms with Crippen LogP contribution in [0.3, 0.4) is 0 Å². The fourth-order valence-corrected chi connectivity index (χ4v) is 2.27. The van der Waals surface area contributed by atoms with Crippen LogP contribution in [0, 0.1) is 13.8 Å². The van der Waals surface area contributed by atoms with Crippen LogP contribution in [-0.2, 0) is 11.2 Å². The maximum absolute atomic E-state index is 5.64. The fraction of sp³-hybridized carbons (Fsp3) is 0.600. The summed E-state index contributed by atoms with van der Waals surface area (Å²) in [5.41, 5.74) is 4.00. The van der Waals surface area contributed by atoms with Gasteiger partial charge in [-0.25, -0.2) is 0 Å². The number of hydrogen-bond donors (Lipinski definition) is 1. The van der Waals surface area contributed by atoms with E-state index in [0.717, 1.165) is 26.2 Å². The van der Waals surface area contributed by atoms with E-state index in [-0.39, 0.29) is 0 Å². The standard InChI is InChI=1S/C15H24BrNO/c1-11(2)17-6-8-18-7-5-14-9-13(4)15(16)10-12(14)3/h9-11,17H,5-8H2,1-4H3. The molecule has 0 amide bonds. The minimum absolute atomic E-state index is 0.532. The highest BCUT2D eigenvalue weighted by molar-refractivity contribution is 9.10. The van der Waals surface area contributed by atoms with Crippen molar-refractivity contribution in [1.29, 1.82) is 0 Å². The smallest absolute Gasteiger partial charge is 0.0591 e. The SMILES string of the molecule is Cc1cc(CCOCCNC(C)C)c(C)cc1Br. The molecule has 0 unspecified atom stereocenters. The van der Waals surface area contributed by atoms with Gasteiger partial charge in [0.25, 0.3) is 0 Å². The Morgan fingerprint density at radius 1 is 1.17 bits per heavy atom. The molecular weight excluding hydrogens is 290 g/mol. The van der Waals surface area contributed by atoms with Crippen molar-refractivity contribution in [2.24, 2.45) is 0 Å². The molecule has 0 radical (unpaired) electrons. The van der Waals surface area contributed by atoms with Crippen LogP contribution in [0.25, 0.3) is 0 Å². The summed E-state index contributed by atoms with van der Waals surface area (Å²) in [7, 11) is 0. The highest BCUT2D eigenvalue weighted by Crippen LogP contribution is 2.21. The largest absolute Gasteiger partial charge is 0.380 e. The molecular formula is C15H24BrNO. The van der Waals surface area contributed by atoms with E-state index in [0.29, 0.717) is 6.04 Å². The van der Waals surface area contributed by atoms with Crippen LogP contribution in [0.2, 0.25) is 0 Å².